The summed E-state index contributed by atoms with van der Waals surface area (Å²) in [7, 11) is 0. The van der Waals surface area contributed by atoms with Crippen molar-refractivity contribution in [1.82, 2.24) is 18.5 Å². The van der Waals surface area contributed by atoms with Crippen molar-refractivity contribution in [2.45, 2.75) is 25.3 Å². The predicted molar refractivity (Wildman–Crippen MR) is 86.2 cm³/mol. The van der Waals surface area contributed by atoms with Crippen molar-refractivity contribution in [2.24, 2.45) is 0 Å². The molecule has 8 heteroatoms. The van der Waals surface area contributed by atoms with Gasteiger partial charge < -0.3 is 0 Å². The van der Waals surface area contributed by atoms with Gasteiger partial charge in [-0.1, -0.05) is 6.07 Å². The highest BCUT2D eigenvalue weighted by Crippen LogP contribution is 2.40. The molecule has 0 radical (unpaired) electrons. The average molecular weight is 332 g/mol. The van der Waals surface area contributed by atoms with E-state index >= 15 is 0 Å². The molecule has 0 unspecified atom stereocenters. The van der Waals surface area contributed by atoms with E-state index in [2.05, 4.69) is 9.97 Å². The highest BCUT2D eigenvalue weighted by Gasteiger charge is 2.24. The second kappa shape index (κ2) is 5.38. The minimum absolute atomic E-state index is 0.0341. The third-order valence-corrected chi connectivity index (χ3v) is 4.44. The Morgan fingerprint density at radius 2 is 2.17 bits per heavy atom. The Labute approximate surface area is 134 Å². The van der Waals surface area contributed by atoms with Gasteiger partial charge in [0.1, 0.15) is 6.33 Å². The highest BCUT2D eigenvalue weighted by atomic mass is 32.2. The van der Waals surface area contributed by atoms with Crippen molar-refractivity contribution in [2.75, 3.05) is 0 Å². The Balaban J connectivity index is 1.87. The van der Waals surface area contributed by atoms with Crippen LogP contribution >= 0.6 is 12.3 Å². The van der Waals surface area contributed by atoms with Gasteiger partial charge in [0.2, 0.25) is 0 Å². The zero-order valence-corrected chi connectivity index (χ0v) is 12.8. The second-order valence-corrected chi connectivity index (χ2v) is 6.25. The summed E-state index contributed by atoms with van der Waals surface area (Å²) >= 11 is 0.0341. The van der Waals surface area contributed by atoms with Crippen LogP contribution < -0.4 is 11.2 Å². The highest BCUT2D eigenvalue weighted by molar-refractivity contribution is 7.92. The second-order valence-electron chi connectivity index (χ2n) is 5.69. The topological polar surface area (TPSA) is 72.7 Å². The van der Waals surface area contributed by atoms with Gasteiger partial charge in [0.15, 0.2) is 12.3 Å². The molecule has 1 aliphatic carbocycles. The van der Waals surface area contributed by atoms with E-state index in [-0.39, 0.29) is 18.9 Å². The molecule has 0 atom stereocenters. The molecule has 6 nitrogen and oxygen atoms in total. The third kappa shape index (κ3) is 2.59. The standard InChI is InChI=1S/C15H13FN4O2S/c16-23-19-6-11(17-8-19)7-20-13-5-10(9-1-2-9)3-4-12(13)14(21)18-15(20)22/h3-6,8-9H,1-2,7H2,(H,18,21,22). The van der Waals surface area contributed by atoms with E-state index in [9.17, 15) is 13.5 Å². The zero-order chi connectivity index (χ0) is 16.0. The van der Waals surface area contributed by atoms with Crippen LogP contribution in [0.1, 0.15) is 30.0 Å². The zero-order valence-electron chi connectivity index (χ0n) is 12.0. The van der Waals surface area contributed by atoms with Crippen molar-refractivity contribution >= 4 is 23.2 Å². The van der Waals surface area contributed by atoms with Crippen LogP contribution in [0.5, 0.6) is 0 Å². The smallest absolute Gasteiger partial charge is 0.287 e. The van der Waals surface area contributed by atoms with Crippen LogP contribution in [0.25, 0.3) is 10.9 Å². The molecule has 1 N–H and O–H groups in total. The van der Waals surface area contributed by atoms with E-state index < -0.39 is 11.2 Å². The van der Waals surface area contributed by atoms with Crippen LogP contribution in [0.4, 0.5) is 3.89 Å². The van der Waals surface area contributed by atoms with Gasteiger partial charge in [-0.3, -0.25) is 18.3 Å². The van der Waals surface area contributed by atoms with Gasteiger partial charge in [0.25, 0.3) is 5.56 Å². The molecule has 0 saturated heterocycles. The molecule has 1 fully saturated rings. The number of aromatic amines is 1. The maximum absolute atomic E-state index is 12.5. The minimum atomic E-state index is -0.488. The van der Waals surface area contributed by atoms with Crippen LogP contribution in [0.3, 0.4) is 0 Å². The first-order valence-electron chi connectivity index (χ1n) is 7.24. The summed E-state index contributed by atoms with van der Waals surface area (Å²) in [6.45, 7) is 0.174. The number of imidazole rings is 1. The van der Waals surface area contributed by atoms with Gasteiger partial charge in [-0.25, -0.2) is 9.78 Å². The fourth-order valence-corrected chi connectivity index (χ4v) is 3.00. The molecule has 1 saturated carbocycles. The van der Waals surface area contributed by atoms with Crippen LogP contribution in [0.15, 0.2) is 40.3 Å². The quantitative estimate of drug-likeness (QED) is 0.795. The maximum atomic E-state index is 12.5. The molecule has 0 amide bonds. The van der Waals surface area contributed by atoms with Crippen molar-refractivity contribution < 1.29 is 3.89 Å². The summed E-state index contributed by atoms with van der Waals surface area (Å²) in [4.78, 5) is 30.6. The lowest BCUT2D eigenvalue weighted by atomic mass is 10.1. The third-order valence-electron chi connectivity index (χ3n) is 4.09. The first-order valence-corrected chi connectivity index (χ1v) is 7.92. The molecule has 23 heavy (non-hydrogen) atoms. The van der Waals surface area contributed by atoms with Gasteiger partial charge in [0, 0.05) is 6.20 Å². The Morgan fingerprint density at radius 3 is 2.87 bits per heavy atom. The van der Waals surface area contributed by atoms with Crippen LogP contribution in [-0.2, 0) is 6.54 Å². The fourth-order valence-electron chi connectivity index (χ4n) is 2.76. The molecule has 0 spiro atoms. The summed E-state index contributed by atoms with van der Waals surface area (Å²) in [6.07, 6.45) is 5.13. The summed E-state index contributed by atoms with van der Waals surface area (Å²) < 4.78 is 15.2. The van der Waals surface area contributed by atoms with Crippen LogP contribution in [0.2, 0.25) is 0 Å². The largest absolute Gasteiger partial charge is 0.329 e. The number of fused-ring (bicyclic) bond motifs is 1. The molecule has 0 bridgehead atoms. The van der Waals surface area contributed by atoms with Gasteiger partial charge >= 0.3 is 5.69 Å². The molecular weight excluding hydrogens is 319 g/mol. The first-order chi connectivity index (χ1) is 11.2. The Kier molecular flexibility index (Phi) is 3.33. The fraction of sp³-hybridized carbons (Fsp3) is 0.267. The van der Waals surface area contributed by atoms with Gasteiger partial charge in [-0.05, 0) is 36.5 Å². The number of hydrogen-bond acceptors (Lipinski definition) is 4. The van der Waals surface area contributed by atoms with Crippen molar-refractivity contribution in [1.29, 1.82) is 0 Å². The summed E-state index contributed by atoms with van der Waals surface area (Å²) in [5.74, 6) is 0.518. The number of nitrogens with one attached hydrogen (secondary N) is 1. The first kappa shape index (κ1) is 14.3. The number of rotatable bonds is 4. The van der Waals surface area contributed by atoms with E-state index in [0.29, 0.717) is 22.5 Å². The van der Waals surface area contributed by atoms with Gasteiger partial charge in [-0.15, -0.1) is 3.89 Å². The Hall–Kier alpha value is -2.35. The predicted octanol–water partition coefficient (Wildman–Crippen LogP) is 2.19. The lowest BCUT2D eigenvalue weighted by Crippen LogP contribution is -2.30. The number of nitrogens with zero attached hydrogens (tertiary/aromatic N) is 3. The summed E-state index contributed by atoms with van der Waals surface area (Å²) in [5, 5.41) is 0.466. The number of aromatic nitrogens is 4. The molecular formula is C15H13FN4O2S. The lowest BCUT2D eigenvalue weighted by Gasteiger charge is -2.09. The van der Waals surface area contributed by atoms with E-state index in [1.807, 2.05) is 12.1 Å². The molecule has 3 aromatic rings. The van der Waals surface area contributed by atoms with Crippen LogP contribution in [-0.4, -0.2) is 18.5 Å². The summed E-state index contributed by atoms with van der Waals surface area (Å²) in [5.41, 5.74) is 1.39. The Morgan fingerprint density at radius 1 is 1.35 bits per heavy atom. The van der Waals surface area contributed by atoms with E-state index in [4.69, 9.17) is 0 Å². The normalized spacial score (nSPS) is 14.5. The van der Waals surface area contributed by atoms with E-state index in [0.717, 1.165) is 18.4 Å². The minimum Gasteiger partial charge on any atom is -0.287 e. The van der Waals surface area contributed by atoms with Crippen molar-refractivity contribution in [3.05, 3.63) is 62.8 Å². The number of hydrogen-bond donors (Lipinski definition) is 1. The van der Waals surface area contributed by atoms with E-state index in [1.165, 1.54) is 21.1 Å². The molecule has 2 heterocycles. The molecule has 2 aromatic heterocycles. The number of benzene rings is 1. The maximum Gasteiger partial charge on any atom is 0.329 e. The van der Waals surface area contributed by atoms with Gasteiger partial charge in [0.05, 0.1) is 23.1 Å². The lowest BCUT2D eigenvalue weighted by molar-refractivity contribution is 0.741. The van der Waals surface area contributed by atoms with Crippen LogP contribution in [0, 0.1) is 0 Å². The number of H-pyrrole nitrogens is 1. The SMILES string of the molecule is O=c1[nH]c(=O)n(Cc2cn(SF)cn2)c2cc(C3CC3)ccc12. The van der Waals surface area contributed by atoms with Crippen molar-refractivity contribution in [3.8, 4) is 0 Å². The monoisotopic (exact) mass is 332 g/mol. The molecule has 1 aliphatic rings. The summed E-state index contributed by atoms with van der Waals surface area (Å²) in [6, 6.07) is 5.61. The van der Waals surface area contributed by atoms with Gasteiger partial charge in [-0.2, -0.15) is 0 Å². The average Bonchev–Trinajstić information content (AvgIpc) is 3.30. The molecule has 0 aliphatic heterocycles. The van der Waals surface area contributed by atoms with Crippen molar-refractivity contribution in [3.63, 3.8) is 0 Å². The molecule has 118 valence electrons. The van der Waals surface area contributed by atoms with E-state index in [1.54, 1.807) is 6.07 Å². The Bertz CT molecular complexity index is 1000. The number of halogens is 1. The molecule has 4 rings (SSSR count). The molecule has 1 aromatic carbocycles.